The maximum atomic E-state index is 9.45. The van der Waals surface area contributed by atoms with Crippen LogP contribution in [0.25, 0.3) is 0 Å². The molecule has 0 unspecified atom stereocenters. The topological polar surface area (TPSA) is 72.3 Å². The van der Waals surface area contributed by atoms with Gasteiger partial charge in [0.1, 0.15) is 29.8 Å². The van der Waals surface area contributed by atoms with Crippen molar-refractivity contribution in [2.45, 2.75) is 13.8 Å². The minimum atomic E-state index is 0.0129. The van der Waals surface area contributed by atoms with Crippen LogP contribution in [-0.4, -0.2) is 11.4 Å². The number of nitrogens with zero attached hydrogens (tertiary/aromatic N) is 4. The third-order valence-electron chi connectivity index (χ3n) is 3.86. The van der Waals surface area contributed by atoms with Crippen molar-refractivity contribution >= 4 is 23.6 Å². The number of allylic oxidation sites excluding steroid dienone is 2. The molecule has 4 nitrogen and oxygen atoms in total. The van der Waals surface area contributed by atoms with Crippen molar-refractivity contribution in [3.8, 4) is 12.1 Å². The van der Waals surface area contributed by atoms with Crippen molar-refractivity contribution in [3.63, 3.8) is 0 Å². The van der Waals surface area contributed by atoms with Gasteiger partial charge in [-0.05, 0) is 13.8 Å². The van der Waals surface area contributed by atoms with Crippen molar-refractivity contribution in [1.82, 2.24) is 0 Å². The molecule has 120 valence electrons. The van der Waals surface area contributed by atoms with Crippen LogP contribution in [0.1, 0.15) is 22.3 Å². The number of nitriles is 2. The number of rotatable bonds is 2. The predicted octanol–water partition coefficient (Wildman–Crippen LogP) is 4.50. The summed E-state index contributed by atoms with van der Waals surface area (Å²) in [5.74, 6) is 0. The van der Waals surface area contributed by atoms with Crippen LogP contribution in [0.2, 0.25) is 0 Å². The Labute approximate surface area is 151 Å². The predicted molar refractivity (Wildman–Crippen MR) is 101 cm³/mol. The van der Waals surface area contributed by atoms with Gasteiger partial charge in [0, 0.05) is 11.1 Å². The number of hydrogen-bond donors (Lipinski definition) is 0. The molecule has 0 N–H and O–H groups in total. The van der Waals surface area contributed by atoms with E-state index < -0.39 is 0 Å². The van der Waals surface area contributed by atoms with Crippen molar-refractivity contribution in [2.24, 2.45) is 8.80 Å². The zero-order valence-corrected chi connectivity index (χ0v) is 14.6. The fraction of sp³-hybridized carbons (Fsp3) is 0.100. The molecule has 25 heavy (non-hydrogen) atoms. The Morgan fingerprint density at radius 2 is 1.16 bits per heavy atom. The first-order valence-electron chi connectivity index (χ1n) is 7.65. The van der Waals surface area contributed by atoms with Crippen molar-refractivity contribution in [1.29, 1.82) is 10.5 Å². The summed E-state index contributed by atoms with van der Waals surface area (Å²) in [6.45, 7) is 4.01. The summed E-state index contributed by atoms with van der Waals surface area (Å²) in [6.07, 6.45) is 0. The Kier molecular flexibility index (Phi) is 4.79. The molecule has 0 radical (unpaired) electrons. The highest BCUT2D eigenvalue weighted by atomic mass is 32.2. The highest BCUT2D eigenvalue weighted by Crippen LogP contribution is 2.28. The minimum absolute atomic E-state index is 0.0129. The summed E-state index contributed by atoms with van der Waals surface area (Å²) >= 11 is 1.07. The van der Waals surface area contributed by atoms with Crippen LogP contribution in [-0.2, 0) is 0 Å². The van der Waals surface area contributed by atoms with E-state index in [0.717, 1.165) is 34.4 Å². The Hall–Kier alpha value is -3.15. The molecule has 2 aromatic rings. The van der Waals surface area contributed by atoms with E-state index in [1.807, 2.05) is 74.5 Å². The molecule has 0 spiro atoms. The maximum absolute atomic E-state index is 9.45. The summed E-state index contributed by atoms with van der Waals surface area (Å²) in [5.41, 5.74) is 5.68. The lowest BCUT2D eigenvalue weighted by atomic mass is 9.90. The van der Waals surface area contributed by atoms with Crippen LogP contribution in [0.15, 0.2) is 68.5 Å². The van der Waals surface area contributed by atoms with Crippen LogP contribution < -0.4 is 0 Å². The van der Waals surface area contributed by atoms with Crippen LogP contribution in [0.5, 0.6) is 0 Å². The van der Waals surface area contributed by atoms with Crippen molar-refractivity contribution < 1.29 is 0 Å². The zero-order valence-electron chi connectivity index (χ0n) is 13.8. The van der Waals surface area contributed by atoms with Gasteiger partial charge in [-0.3, -0.25) is 0 Å². The summed E-state index contributed by atoms with van der Waals surface area (Å²) in [7, 11) is 0. The Morgan fingerprint density at radius 3 is 1.52 bits per heavy atom. The molecule has 1 heterocycles. The van der Waals surface area contributed by atoms with E-state index in [9.17, 15) is 10.5 Å². The SMILES string of the molecule is Cc1ccc(C2=NSN=C(c3ccc(C)cc3)C2=C(C#N)C#N)cc1. The van der Waals surface area contributed by atoms with Gasteiger partial charge in [0.05, 0.1) is 17.0 Å². The molecule has 0 aromatic heterocycles. The van der Waals surface area contributed by atoms with E-state index in [-0.39, 0.29) is 5.57 Å². The Morgan fingerprint density at radius 1 is 0.760 bits per heavy atom. The highest BCUT2D eigenvalue weighted by molar-refractivity contribution is 7.97. The molecule has 1 aliphatic heterocycles. The minimum Gasteiger partial charge on any atom is -0.192 e. The number of benzene rings is 2. The van der Waals surface area contributed by atoms with E-state index in [0.29, 0.717) is 17.0 Å². The monoisotopic (exact) mass is 342 g/mol. The fourth-order valence-corrected chi connectivity index (χ4v) is 3.09. The average Bonchev–Trinajstić information content (AvgIpc) is 2.64. The van der Waals surface area contributed by atoms with Gasteiger partial charge in [-0.2, -0.15) is 19.3 Å². The molecule has 1 aliphatic rings. The standard InChI is InChI=1S/C20H14N4S/c1-13-3-7-15(8-4-13)19-18(17(11-21)12-22)20(24-25-23-19)16-9-5-14(2)6-10-16/h3-10H,1-2H3. The van der Waals surface area contributed by atoms with Gasteiger partial charge in [0.15, 0.2) is 0 Å². The van der Waals surface area contributed by atoms with Gasteiger partial charge in [0.2, 0.25) is 0 Å². The van der Waals surface area contributed by atoms with E-state index in [4.69, 9.17) is 0 Å². The van der Waals surface area contributed by atoms with Gasteiger partial charge in [0.25, 0.3) is 0 Å². The third-order valence-corrected chi connectivity index (χ3v) is 4.39. The second kappa shape index (κ2) is 7.17. The third kappa shape index (κ3) is 3.38. The van der Waals surface area contributed by atoms with E-state index in [1.54, 1.807) is 0 Å². The summed E-state index contributed by atoms with van der Waals surface area (Å²) in [5, 5.41) is 18.9. The van der Waals surface area contributed by atoms with Gasteiger partial charge in [-0.25, -0.2) is 0 Å². The molecule has 0 aliphatic carbocycles. The summed E-state index contributed by atoms with van der Waals surface area (Å²) in [6, 6.07) is 19.7. The van der Waals surface area contributed by atoms with Gasteiger partial charge in [-0.1, -0.05) is 59.7 Å². The van der Waals surface area contributed by atoms with E-state index >= 15 is 0 Å². The maximum Gasteiger partial charge on any atom is 0.141 e. The Bertz CT molecular complexity index is 902. The molecule has 3 rings (SSSR count). The van der Waals surface area contributed by atoms with E-state index in [2.05, 4.69) is 8.80 Å². The molecule has 2 aromatic carbocycles. The van der Waals surface area contributed by atoms with Crippen LogP contribution in [0.3, 0.4) is 0 Å². The van der Waals surface area contributed by atoms with Crippen molar-refractivity contribution in [3.05, 3.63) is 81.9 Å². The van der Waals surface area contributed by atoms with Crippen molar-refractivity contribution in [2.75, 3.05) is 0 Å². The van der Waals surface area contributed by atoms with Gasteiger partial charge in [-0.15, -0.1) is 0 Å². The lowest BCUT2D eigenvalue weighted by molar-refractivity contribution is 1.42. The van der Waals surface area contributed by atoms with Crippen LogP contribution >= 0.6 is 12.1 Å². The fourth-order valence-electron chi connectivity index (χ4n) is 2.50. The second-order valence-electron chi connectivity index (χ2n) is 5.67. The molecule has 0 fully saturated rings. The smallest absolute Gasteiger partial charge is 0.141 e. The molecular weight excluding hydrogens is 328 g/mol. The zero-order chi connectivity index (χ0) is 17.8. The first-order valence-corrected chi connectivity index (χ1v) is 8.38. The molecule has 0 bridgehead atoms. The highest BCUT2D eigenvalue weighted by Gasteiger charge is 2.25. The molecule has 0 saturated carbocycles. The summed E-state index contributed by atoms with van der Waals surface area (Å²) < 4.78 is 8.81. The lowest BCUT2D eigenvalue weighted by Gasteiger charge is -2.17. The van der Waals surface area contributed by atoms with E-state index in [1.165, 1.54) is 0 Å². The quantitative estimate of drug-likeness (QED) is 0.596. The van der Waals surface area contributed by atoms with Gasteiger partial charge < -0.3 is 0 Å². The largest absolute Gasteiger partial charge is 0.192 e. The first kappa shape index (κ1) is 16.7. The summed E-state index contributed by atoms with van der Waals surface area (Å²) in [4.78, 5) is 0. The van der Waals surface area contributed by atoms with Crippen LogP contribution in [0, 0.1) is 36.5 Å². The normalized spacial score (nSPS) is 13.4. The molecule has 0 atom stereocenters. The molecular formula is C20H14N4S. The van der Waals surface area contributed by atoms with Gasteiger partial charge >= 0.3 is 0 Å². The first-order chi connectivity index (χ1) is 12.1. The Balaban J connectivity index is 2.18. The lowest BCUT2D eigenvalue weighted by Crippen LogP contribution is -2.19. The average molecular weight is 342 g/mol. The number of hydrogen-bond acceptors (Lipinski definition) is 5. The molecule has 0 saturated heterocycles. The number of aryl methyl sites for hydroxylation is 2. The second-order valence-corrected chi connectivity index (χ2v) is 6.20. The molecule has 0 amide bonds. The van der Waals surface area contributed by atoms with Crippen LogP contribution in [0.4, 0.5) is 0 Å². The molecule has 5 heteroatoms.